The number of aromatic nitrogens is 1. The first-order valence-corrected chi connectivity index (χ1v) is 7.44. The molecule has 2 N–H and O–H groups in total. The number of hydrogen-bond acceptors (Lipinski definition) is 3. The van der Waals surface area contributed by atoms with Crippen LogP contribution in [0.5, 0.6) is 0 Å². The lowest BCUT2D eigenvalue weighted by molar-refractivity contribution is 0.0480. The van der Waals surface area contributed by atoms with E-state index in [9.17, 15) is 0 Å². The molecule has 104 valence electrons. The lowest BCUT2D eigenvalue weighted by Crippen LogP contribution is -2.41. The molecule has 1 aliphatic carbocycles. The van der Waals surface area contributed by atoms with Crippen LogP contribution in [0, 0.1) is 11.8 Å². The van der Waals surface area contributed by atoms with E-state index in [1.807, 2.05) is 12.3 Å². The third kappa shape index (κ3) is 2.09. The molecular formula is C16H24N2O. The SMILES string of the molecule is CC1OC(C)C(C(N)C2CCc3cccnc32)C1C. The van der Waals surface area contributed by atoms with Gasteiger partial charge in [0.1, 0.15) is 0 Å². The van der Waals surface area contributed by atoms with Crippen LogP contribution in [0.1, 0.15) is 44.4 Å². The maximum atomic E-state index is 6.62. The topological polar surface area (TPSA) is 48.1 Å². The van der Waals surface area contributed by atoms with Crippen molar-refractivity contribution in [3.8, 4) is 0 Å². The lowest BCUT2D eigenvalue weighted by atomic mass is 9.77. The third-order valence-electron chi connectivity index (χ3n) is 5.23. The summed E-state index contributed by atoms with van der Waals surface area (Å²) in [4.78, 5) is 4.58. The van der Waals surface area contributed by atoms with Crippen molar-refractivity contribution in [2.24, 2.45) is 17.6 Å². The van der Waals surface area contributed by atoms with Crippen molar-refractivity contribution in [3.05, 3.63) is 29.6 Å². The molecule has 6 atom stereocenters. The molecule has 6 unspecified atom stereocenters. The summed E-state index contributed by atoms with van der Waals surface area (Å²) >= 11 is 0. The zero-order chi connectivity index (χ0) is 13.6. The van der Waals surface area contributed by atoms with E-state index >= 15 is 0 Å². The monoisotopic (exact) mass is 260 g/mol. The molecule has 1 aromatic heterocycles. The Bertz CT molecular complexity index is 462. The highest BCUT2D eigenvalue weighted by Crippen LogP contribution is 2.42. The highest BCUT2D eigenvalue weighted by Gasteiger charge is 2.44. The number of hydrogen-bond donors (Lipinski definition) is 1. The standard InChI is InChI=1S/C16H24N2O/c1-9-10(2)19-11(3)14(9)15(17)13-7-6-12-5-4-8-18-16(12)13/h4-5,8-11,13-15H,6-7,17H2,1-3H3. The fourth-order valence-electron chi connectivity index (χ4n) is 4.04. The summed E-state index contributed by atoms with van der Waals surface area (Å²) in [6, 6.07) is 4.38. The number of fused-ring (bicyclic) bond motifs is 1. The Labute approximate surface area is 115 Å². The van der Waals surface area contributed by atoms with Gasteiger partial charge < -0.3 is 10.5 Å². The van der Waals surface area contributed by atoms with Crippen LogP contribution in [0.15, 0.2) is 18.3 Å². The van der Waals surface area contributed by atoms with E-state index < -0.39 is 0 Å². The molecule has 0 aromatic carbocycles. The molecule has 1 aliphatic heterocycles. The van der Waals surface area contributed by atoms with Gasteiger partial charge in [-0.05, 0) is 44.2 Å². The van der Waals surface area contributed by atoms with E-state index in [-0.39, 0.29) is 12.1 Å². The Morgan fingerprint density at radius 3 is 2.79 bits per heavy atom. The van der Waals surface area contributed by atoms with Gasteiger partial charge in [0.05, 0.1) is 12.2 Å². The fourth-order valence-corrected chi connectivity index (χ4v) is 4.04. The van der Waals surface area contributed by atoms with Gasteiger partial charge in [0.25, 0.3) is 0 Å². The van der Waals surface area contributed by atoms with Gasteiger partial charge >= 0.3 is 0 Å². The number of pyridine rings is 1. The summed E-state index contributed by atoms with van der Waals surface area (Å²) in [6.45, 7) is 6.60. The molecule has 3 rings (SSSR count). The predicted molar refractivity (Wildman–Crippen MR) is 75.9 cm³/mol. The minimum Gasteiger partial charge on any atom is -0.375 e. The summed E-state index contributed by atoms with van der Waals surface area (Å²) in [5.41, 5.74) is 9.24. The first-order valence-electron chi connectivity index (χ1n) is 7.44. The van der Waals surface area contributed by atoms with Gasteiger partial charge in [0, 0.05) is 29.8 Å². The second kappa shape index (κ2) is 4.88. The Balaban J connectivity index is 1.84. The minimum absolute atomic E-state index is 0.158. The molecule has 19 heavy (non-hydrogen) atoms. The second-order valence-corrected chi connectivity index (χ2v) is 6.25. The van der Waals surface area contributed by atoms with Gasteiger partial charge in [0.2, 0.25) is 0 Å². The van der Waals surface area contributed by atoms with Crippen LogP contribution < -0.4 is 5.73 Å². The molecule has 2 aliphatic rings. The van der Waals surface area contributed by atoms with Crippen LogP contribution in [-0.2, 0) is 11.2 Å². The minimum atomic E-state index is 0.158. The number of ether oxygens (including phenoxy) is 1. The smallest absolute Gasteiger partial charge is 0.0597 e. The average Bonchev–Trinajstić information content (AvgIpc) is 2.91. The van der Waals surface area contributed by atoms with Gasteiger partial charge in [-0.2, -0.15) is 0 Å². The van der Waals surface area contributed by atoms with Crippen molar-refractivity contribution >= 4 is 0 Å². The van der Waals surface area contributed by atoms with Crippen molar-refractivity contribution in [3.63, 3.8) is 0 Å². The molecule has 2 heterocycles. The molecule has 0 bridgehead atoms. The Morgan fingerprint density at radius 1 is 1.32 bits per heavy atom. The third-order valence-corrected chi connectivity index (χ3v) is 5.23. The summed E-state index contributed by atoms with van der Waals surface area (Å²) in [6.07, 6.45) is 4.72. The number of nitrogens with zero attached hydrogens (tertiary/aromatic N) is 1. The van der Waals surface area contributed by atoms with E-state index in [4.69, 9.17) is 10.5 Å². The van der Waals surface area contributed by atoms with Crippen molar-refractivity contribution < 1.29 is 4.74 Å². The molecule has 3 heteroatoms. The normalized spacial score (nSPS) is 39.3. The van der Waals surface area contributed by atoms with Gasteiger partial charge in [-0.3, -0.25) is 4.98 Å². The maximum absolute atomic E-state index is 6.62. The van der Waals surface area contributed by atoms with E-state index in [2.05, 4.69) is 31.8 Å². The molecular weight excluding hydrogens is 236 g/mol. The van der Waals surface area contributed by atoms with Gasteiger partial charge in [-0.1, -0.05) is 13.0 Å². The summed E-state index contributed by atoms with van der Waals surface area (Å²) in [7, 11) is 0. The van der Waals surface area contributed by atoms with E-state index in [0.717, 1.165) is 12.8 Å². The predicted octanol–water partition coefficient (Wildman–Crippen LogP) is 2.50. The zero-order valence-electron chi connectivity index (χ0n) is 12.0. The van der Waals surface area contributed by atoms with Crippen LogP contribution in [0.3, 0.4) is 0 Å². The second-order valence-electron chi connectivity index (χ2n) is 6.25. The molecule has 1 saturated heterocycles. The van der Waals surface area contributed by atoms with Crippen molar-refractivity contribution in [1.82, 2.24) is 4.98 Å². The summed E-state index contributed by atoms with van der Waals surface area (Å²) in [5.74, 6) is 1.37. The Kier molecular flexibility index (Phi) is 3.35. The van der Waals surface area contributed by atoms with Crippen LogP contribution in [0.2, 0.25) is 0 Å². The van der Waals surface area contributed by atoms with Crippen molar-refractivity contribution in [1.29, 1.82) is 0 Å². The molecule has 0 saturated carbocycles. The average molecular weight is 260 g/mol. The highest BCUT2D eigenvalue weighted by molar-refractivity contribution is 5.30. The highest BCUT2D eigenvalue weighted by atomic mass is 16.5. The van der Waals surface area contributed by atoms with E-state index in [0.29, 0.717) is 23.9 Å². The molecule has 0 spiro atoms. The van der Waals surface area contributed by atoms with Crippen LogP contribution >= 0.6 is 0 Å². The quantitative estimate of drug-likeness (QED) is 0.888. The maximum Gasteiger partial charge on any atom is 0.0597 e. The summed E-state index contributed by atoms with van der Waals surface area (Å²) < 4.78 is 5.95. The van der Waals surface area contributed by atoms with Crippen LogP contribution in [0.4, 0.5) is 0 Å². The lowest BCUT2D eigenvalue weighted by Gasteiger charge is -2.30. The van der Waals surface area contributed by atoms with Crippen molar-refractivity contribution in [2.45, 2.75) is 57.8 Å². The molecule has 0 amide bonds. The van der Waals surface area contributed by atoms with Gasteiger partial charge in [-0.25, -0.2) is 0 Å². The van der Waals surface area contributed by atoms with Crippen molar-refractivity contribution in [2.75, 3.05) is 0 Å². The largest absolute Gasteiger partial charge is 0.375 e. The number of aryl methyl sites for hydroxylation is 1. The first-order chi connectivity index (χ1) is 9.09. The Morgan fingerprint density at radius 2 is 2.11 bits per heavy atom. The first kappa shape index (κ1) is 13.1. The van der Waals surface area contributed by atoms with Crippen LogP contribution in [0.25, 0.3) is 0 Å². The molecule has 1 fully saturated rings. The van der Waals surface area contributed by atoms with E-state index in [1.165, 1.54) is 11.3 Å². The molecule has 1 aromatic rings. The number of rotatable bonds is 2. The van der Waals surface area contributed by atoms with Crippen LogP contribution in [-0.4, -0.2) is 23.2 Å². The van der Waals surface area contributed by atoms with Gasteiger partial charge in [-0.15, -0.1) is 0 Å². The van der Waals surface area contributed by atoms with Gasteiger partial charge in [0.15, 0.2) is 0 Å². The summed E-state index contributed by atoms with van der Waals surface area (Å²) in [5, 5.41) is 0. The Hall–Kier alpha value is -0.930. The molecule has 0 radical (unpaired) electrons. The van der Waals surface area contributed by atoms with E-state index in [1.54, 1.807) is 0 Å². The number of nitrogens with two attached hydrogens (primary N) is 1. The zero-order valence-corrected chi connectivity index (χ0v) is 12.0. The fraction of sp³-hybridized carbons (Fsp3) is 0.688. The molecule has 3 nitrogen and oxygen atoms in total.